The molecule has 0 spiro atoms. The maximum absolute atomic E-state index is 12.4. The molecule has 0 saturated carbocycles. The SMILES string of the molecule is CCN(Cc1ccc(Br)s1)C(=O)CN(C)CC(C)(C)CN. The van der Waals surface area contributed by atoms with Crippen molar-refractivity contribution in [1.82, 2.24) is 9.80 Å². The molecule has 0 radical (unpaired) electrons. The van der Waals surface area contributed by atoms with Crippen LogP contribution in [-0.2, 0) is 11.3 Å². The summed E-state index contributed by atoms with van der Waals surface area (Å²) in [4.78, 5) is 17.6. The molecule has 1 heterocycles. The van der Waals surface area contributed by atoms with Gasteiger partial charge in [-0.2, -0.15) is 0 Å². The van der Waals surface area contributed by atoms with Crippen LogP contribution in [0.2, 0.25) is 0 Å². The molecule has 0 unspecified atom stereocenters. The first kappa shape index (κ1) is 18.6. The predicted molar refractivity (Wildman–Crippen MR) is 93.4 cm³/mol. The number of hydrogen-bond acceptors (Lipinski definition) is 4. The molecule has 1 rings (SSSR count). The summed E-state index contributed by atoms with van der Waals surface area (Å²) in [5.74, 6) is 0.164. The number of carbonyl (C=O) groups excluding carboxylic acids is 1. The first-order valence-corrected chi connectivity index (χ1v) is 8.79. The average molecular weight is 376 g/mol. The Morgan fingerprint density at radius 2 is 2.10 bits per heavy atom. The lowest BCUT2D eigenvalue weighted by atomic mass is 9.93. The van der Waals surface area contributed by atoms with Crippen LogP contribution in [0.25, 0.3) is 0 Å². The topological polar surface area (TPSA) is 49.6 Å². The predicted octanol–water partition coefficient (Wildman–Crippen LogP) is 2.78. The summed E-state index contributed by atoms with van der Waals surface area (Å²) in [6, 6.07) is 4.08. The number of hydrogen-bond donors (Lipinski definition) is 1. The van der Waals surface area contributed by atoms with E-state index in [0.717, 1.165) is 16.9 Å². The Balaban J connectivity index is 2.55. The van der Waals surface area contributed by atoms with E-state index < -0.39 is 0 Å². The van der Waals surface area contributed by atoms with Crippen molar-refractivity contribution in [3.8, 4) is 0 Å². The second-order valence-electron chi connectivity index (χ2n) is 6.15. The molecule has 0 aliphatic rings. The lowest BCUT2D eigenvalue weighted by Crippen LogP contribution is -2.43. The summed E-state index contributed by atoms with van der Waals surface area (Å²) in [6.45, 7) is 9.53. The summed E-state index contributed by atoms with van der Waals surface area (Å²) < 4.78 is 1.10. The summed E-state index contributed by atoms with van der Waals surface area (Å²) >= 11 is 5.13. The number of carbonyl (C=O) groups is 1. The van der Waals surface area contributed by atoms with Gasteiger partial charge in [0.1, 0.15) is 0 Å². The van der Waals surface area contributed by atoms with Crippen LogP contribution in [0.4, 0.5) is 0 Å². The second-order valence-corrected chi connectivity index (χ2v) is 8.70. The van der Waals surface area contributed by atoms with Crippen LogP contribution in [0.15, 0.2) is 15.9 Å². The van der Waals surface area contributed by atoms with Gasteiger partial charge < -0.3 is 10.6 Å². The van der Waals surface area contributed by atoms with Crippen molar-refractivity contribution >= 4 is 33.2 Å². The highest BCUT2D eigenvalue weighted by Gasteiger charge is 2.21. The van der Waals surface area contributed by atoms with E-state index in [-0.39, 0.29) is 11.3 Å². The molecule has 0 bridgehead atoms. The molecule has 1 amide bonds. The Morgan fingerprint density at radius 3 is 2.57 bits per heavy atom. The number of nitrogens with two attached hydrogens (primary N) is 1. The molecule has 0 saturated heterocycles. The monoisotopic (exact) mass is 375 g/mol. The van der Waals surface area contributed by atoms with Gasteiger partial charge in [-0.1, -0.05) is 13.8 Å². The lowest BCUT2D eigenvalue weighted by Gasteiger charge is -2.30. The molecule has 0 aliphatic carbocycles. The highest BCUT2D eigenvalue weighted by molar-refractivity contribution is 9.11. The van der Waals surface area contributed by atoms with Gasteiger partial charge in [-0.05, 0) is 54.0 Å². The Morgan fingerprint density at radius 1 is 1.43 bits per heavy atom. The number of likely N-dealkylation sites (N-methyl/N-ethyl adjacent to an activating group) is 2. The van der Waals surface area contributed by atoms with Crippen LogP contribution < -0.4 is 5.73 Å². The molecule has 2 N–H and O–H groups in total. The normalized spacial score (nSPS) is 12.0. The van der Waals surface area contributed by atoms with Crippen molar-refractivity contribution < 1.29 is 4.79 Å². The molecular weight excluding hydrogens is 350 g/mol. The van der Waals surface area contributed by atoms with Crippen LogP contribution in [0.1, 0.15) is 25.6 Å². The number of amides is 1. The molecule has 1 aromatic heterocycles. The fourth-order valence-electron chi connectivity index (χ4n) is 2.18. The third-order valence-corrected chi connectivity index (χ3v) is 4.97. The zero-order valence-electron chi connectivity index (χ0n) is 13.4. The fourth-order valence-corrected chi connectivity index (χ4v) is 3.68. The summed E-state index contributed by atoms with van der Waals surface area (Å²) in [5, 5.41) is 0. The largest absolute Gasteiger partial charge is 0.337 e. The van der Waals surface area contributed by atoms with Gasteiger partial charge in [-0.3, -0.25) is 9.69 Å². The molecule has 1 aromatic rings. The van der Waals surface area contributed by atoms with E-state index in [0.29, 0.717) is 19.6 Å². The maximum atomic E-state index is 12.4. The molecule has 0 fully saturated rings. The minimum atomic E-state index is 0.0324. The molecule has 21 heavy (non-hydrogen) atoms. The van der Waals surface area contributed by atoms with E-state index in [1.54, 1.807) is 11.3 Å². The Hall–Kier alpha value is -0.430. The molecular formula is C15H26BrN3OS. The van der Waals surface area contributed by atoms with Gasteiger partial charge in [0, 0.05) is 18.0 Å². The van der Waals surface area contributed by atoms with Crippen LogP contribution in [0.5, 0.6) is 0 Å². The van der Waals surface area contributed by atoms with Crippen molar-refractivity contribution in [2.75, 3.05) is 33.2 Å². The minimum Gasteiger partial charge on any atom is -0.337 e. The fraction of sp³-hybridized carbons (Fsp3) is 0.667. The van der Waals surface area contributed by atoms with Crippen molar-refractivity contribution in [1.29, 1.82) is 0 Å². The van der Waals surface area contributed by atoms with Crippen molar-refractivity contribution in [3.05, 3.63) is 20.8 Å². The van der Waals surface area contributed by atoms with E-state index in [1.807, 2.05) is 24.9 Å². The maximum Gasteiger partial charge on any atom is 0.237 e. The number of nitrogens with zero attached hydrogens (tertiary/aromatic N) is 2. The summed E-state index contributed by atoms with van der Waals surface area (Å²) in [6.07, 6.45) is 0. The first-order chi connectivity index (χ1) is 9.77. The molecule has 6 heteroatoms. The number of thiophene rings is 1. The Kier molecular flexibility index (Phi) is 7.33. The third-order valence-electron chi connectivity index (χ3n) is 3.37. The van der Waals surface area contributed by atoms with Gasteiger partial charge in [-0.15, -0.1) is 11.3 Å². The van der Waals surface area contributed by atoms with Gasteiger partial charge >= 0.3 is 0 Å². The molecule has 0 aliphatic heterocycles. The van der Waals surface area contributed by atoms with Gasteiger partial charge in [0.25, 0.3) is 0 Å². The zero-order chi connectivity index (χ0) is 16.0. The molecule has 0 atom stereocenters. The number of rotatable bonds is 8. The van der Waals surface area contributed by atoms with Crippen LogP contribution in [0, 0.1) is 5.41 Å². The highest BCUT2D eigenvalue weighted by atomic mass is 79.9. The second kappa shape index (κ2) is 8.27. The Labute approximate surface area is 140 Å². The van der Waals surface area contributed by atoms with Crippen LogP contribution in [0.3, 0.4) is 0 Å². The van der Waals surface area contributed by atoms with E-state index in [9.17, 15) is 4.79 Å². The van der Waals surface area contributed by atoms with Crippen molar-refractivity contribution in [2.45, 2.75) is 27.3 Å². The number of halogens is 1. The quantitative estimate of drug-likeness (QED) is 0.759. The summed E-state index contributed by atoms with van der Waals surface area (Å²) in [7, 11) is 1.98. The minimum absolute atomic E-state index is 0.0324. The summed E-state index contributed by atoms with van der Waals surface area (Å²) in [5.41, 5.74) is 5.78. The standard InChI is InChI=1S/C15H26BrN3OS/c1-5-19(8-12-6-7-13(16)21-12)14(20)9-18(4)11-15(2,3)10-17/h6-7H,5,8-11,17H2,1-4H3. The van der Waals surface area contributed by atoms with Crippen LogP contribution >= 0.6 is 27.3 Å². The first-order valence-electron chi connectivity index (χ1n) is 7.18. The van der Waals surface area contributed by atoms with E-state index in [2.05, 4.69) is 40.7 Å². The Bertz CT molecular complexity index is 462. The van der Waals surface area contributed by atoms with Gasteiger partial charge in [0.15, 0.2) is 0 Å². The van der Waals surface area contributed by atoms with Crippen LogP contribution in [-0.4, -0.2) is 48.9 Å². The zero-order valence-corrected chi connectivity index (χ0v) is 15.8. The lowest BCUT2D eigenvalue weighted by molar-refractivity contribution is -0.132. The van der Waals surface area contributed by atoms with Crippen molar-refractivity contribution in [3.63, 3.8) is 0 Å². The van der Waals surface area contributed by atoms with Crippen molar-refractivity contribution in [2.24, 2.45) is 11.1 Å². The molecule has 4 nitrogen and oxygen atoms in total. The van der Waals surface area contributed by atoms with E-state index in [4.69, 9.17) is 5.73 Å². The molecule has 120 valence electrons. The van der Waals surface area contributed by atoms with E-state index >= 15 is 0 Å². The van der Waals surface area contributed by atoms with Gasteiger partial charge in [0.05, 0.1) is 16.9 Å². The smallest absolute Gasteiger partial charge is 0.237 e. The van der Waals surface area contributed by atoms with Gasteiger partial charge in [-0.25, -0.2) is 0 Å². The highest BCUT2D eigenvalue weighted by Crippen LogP contribution is 2.23. The average Bonchev–Trinajstić information content (AvgIpc) is 2.80. The third kappa shape index (κ3) is 6.46. The molecule has 0 aromatic carbocycles. The van der Waals surface area contributed by atoms with E-state index in [1.165, 1.54) is 4.88 Å². The van der Waals surface area contributed by atoms with Gasteiger partial charge in [0.2, 0.25) is 5.91 Å².